The molecule has 0 amide bonds. The van der Waals surface area contributed by atoms with Gasteiger partial charge < -0.3 is 9.47 Å². The molecule has 1 aromatic carbocycles. The molecule has 1 heterocycles. The molecule has 0 fully saturated rings. The minimum atomic E-state index is -0.325. The van der Waals surface area contributed by atoms with Gasteiger partial charge in [0.25, 0.3) is 0 Å². The van der Waals surface area contributed by atoms with Crippen LogP contribution in [0, 0.1) is 0 Å². The Morgan fingerprint density at radius 2 is 2.25 bits per heavy atom. The van der Waals surface area contributed by atoms with Gasteiger partial charge in [0.1, 0.15) is 17.6 Å². The van der Waals surface area contributed by atoms with Crippen LogP contribution in [-0.4, -0.2) is 12.1 Å². The van der Waals surface area contributed by atoms with E-state index in [1.54, 1.807) is 12.1 Å². The molecule has 3 heteroatoms. The molecule has 1 atom stereocenters. The van der Waals surface area contributed by atoms with Crippen molar-refractivity contribution in [2.24, 2.45) is 0 Å². The second kappa shape index (κ2) is 4.00. The molecule has 0 N–H and O–H groups in total. The van der Waals surface area contributed by atoms with E-state index in [0.717, 1.165) is 23.3 Å². The predicted octanol–water partition coefficient (Wildman–Crippen LogP) is 2.49. The van der Waals surface area contributed by atoms with Gasteiger partial charge in [0.05, 0.1) is 0 Å². The summed E-state index contributed by atoms with van der Waals surface area (Å²) in [4.78, 5) is 10.8. The normalized spacial score (nSPS) is 17.5. The van der Waals surface area contributed by atoms with Gasteiger partial charge in [-0.25, -0.2) is 0 Å². The Hall–Kier alpha value is -1.77. The highest BCUT2D eigenvalue weighted by Gasteiger charge is 2.23. The lowest BCUT2D eigenvalue weighted by molar-refractivity contribution is -0.131. The molecule has 0 saturated carbocycles. The fourth-order valence-electron chi connectivity index (χ4n) is 1.71. The topological polar surface area (TPSA) is 35.5 Å². The van der Waals surface area contributed by atoms with Crippen molar-refractivity contribution in [2.45, 2.75) is 26.4 Å². The summed E-state index contributed by atoms with van der Waals surface area (Å²) in [5.41, 5.74) is 2.13. The number of esters is 1. The van der Waals surface area contributed by atoms with Crippen LogP contribution in [0.15, 0.2) is 30.4 Å². The second-order valence-corrected chi connectivity index (χ2v) is 4.02. The molecule has 0 spiro atoms. The molecular weight excluding hydrogens is 204 g/mol. The van der Waals surface area contributed by atoms with Crippen molar-refractivity contribution in [3.63, 3.8) is 0 Å². The molecule has 16 heavy (non-hydrogen) atoms. The van der Waals surface area contributed by atoms with Gasteiger partial charge >= 0.3 is 5.97 Å². The van der Waals surface area contributed by atoms with Gasteiger partial charge in [-0.2, -0.15) is 0 Å². The molecule has 0 aliphatic carbocycles. The molecular formula is C13H14O3. The van der Waals surface area contributed by atoms with Crippen molar-refractivity contribution in [3.8, 4) is 11.5 Å². The van der Waals surface area contributed by atoms with Crippen molar-refractivity contribution in [3.05, 3.63) is 35.9 Å². The van der Waals surface area contributed by atoms with Crippen LogP contribution in [0.5, 0.6) is 11.5 Å². The molecule has 1 unspecified atom stereocenters. The van der Waals surface area contributed by atoms with Crippen molar-refractivity contribution < 1.29 is 14.3 Å². The van der Waals surface area contributed by atoms with Crippen molar-refractivity contribution in [2.75, 3.05) is 0 Å². The fourth-order valence-corrected chi connectivity index (χ4v) is 1.71. The van der Waals surface area contributed by atoms with E-state index >= 15 is 0 Å². The van der Waals surface area contributed by atoms with Crippen LogP contribution in [0.25, 0.3) is 0 Å². The number of hydrogen-bond donors (Lipinski definition) is 0. The van der Waals surface area contributed by atoms with E-state index in [-0.39, 0.29) is 12.1 Å². The number of hydrogen-bond acceptors (Lipinski definition) is 3. The Labute approximate surface area is 94.7 Å². The van der Waals surface area contributed by atoms with E-state index in [4.69, 9.17) is 9.47 Å². The summed E-state index contributed by atoms with van der Waals surface area (Å²) < 4.78 is 10.7. The van der Waals surface area contributed by atoms with Crippen LogP contribution < -0.4 is 9.47 Å². The van der Waals surface area contributed by atoms with E-state index in [0.29, 0.717) is 5.75 Å². The summed E-state index contributed by atoms with van der Waals surface area (Å²) in [7, 11) is 0. The third-order valence-electron chi connectivity index (χ3n) is 2.52. The summed E-state index contributed by atoms with van der Waals surface area (Å²) in [5.74, 6) is 0.981. The van der Waals surface area contributed by atoms with Gasteiger partial charge in [0.2, 0.25) is 0 Å². The van der Waals surface area contributed by atoms with Gasteiger partial charge in [-0.3, -0.25) is 4.79 Å². The zero-order valence-electron chi connectivity index (χ0n) is 9.45. The molecule has 2 rings (SSSR count). The largest absolute Gasteiger partial charge is 0.485 e. The van der Waals surface area contributed by atoms with Gasteiger partial charge in [0, 0.05) is 19.4 Å². The maximum atomic E-state index is 10.8. The first-order chi connectivity index (χ1) is 7.56. The van der Waals surface area contributed by atoms with E-state index < -0.39 is 0 Å². The summed E-state index contributed by atoms with van der Waals surface area (Å²) in [6.45, 7) is 7.21. The zero-order valence-corrected chi connectivity index (χ0v) is 9.45. The number of carbonyl (C=O) groups excluding carboxylic acids is 1. The van der Waals surface area contributed by atoms with Crippen LogP contribution in [0.3, 0.4) is 0 Å². The summed E-state index contributed by atoms with van der Waals surface area (Å²) in [6, 6.07) is 5.46. The van der Waals surface area contributed by atoms with Gasteiger partial charge in [-0.15, -0.1) is 0 Å². The summed E-state index contributed by atoms with van der Waals surface area (Å²) in [5, 5.41) is 0. The maximum Gasteiger partial charge on any atom is 0.308 e. The highest BCUT2D eigenvalue weighted by molar-refractivity contribution is 5.69. The van der Waals surface area contributed by atoms with Crippen LogP contribution >= 0.6 is 0 Å². The Bertz CT molecular complexity index is 448. The molecule has 1 aromatic rings. The van der Waals surface area contributed by atoms with Crippen LogP contribution in [0.1, 0.15) is 19.4 Å². The quantitative estimate of drug-likeness (QED) is 0.434. The van der Waals surface area contributed by atoms with Crippen molar-refractivity contribution >= 4 is 5.97 Å². The smallest absolute Gasteiger partial charge is 0.308 e. The third-order valence-corrected chi connectivity index (χ3v) is 2.52. The maximum absolute atomic E-state index is 10.8. The first-order valence-electron chi connectivity index (χ1n) is 5.19. The van der Waals surface area contributed by atoms with Crippen LogP contribution in [0.4, 0.5) is 0 Å². The van der Waals surface area contributed by atoms with Crippen LogP contribution in [-0.2, 0) is 11.2 Å². The number of benzene rings is 1. The van der Waals surface area contributed by atoms with E-state index in [2.05, 4.69) is 6.58 Å². The molecule has 84 valence electrons. The minimum Gasteiger partial charge on any atom is -0.485 e. The predicted molar refractivity (Wildman–Crippen MR) is 60.7 cm³/mol. The highest BCUT2D eigenvalue weighted by atomic mass is 16.5. The monoisotopic (exact) mass is 218 g/mol. The molecule has 1 aliphatic rings. The first-order valence-corrected chi connectivity index (χ1v) is 5.19. The zero-order chi connectivity index (χ0) is 11.7. The number of fused-ring (bicyclic) bond motifs is 1. The van der Waals surface area contributed by atoms with Gasteiger partial charge in [0.15, 0.2) is 0 Å². The first kappa shape index (κ1) is 10.7. The lowest BCUT2D eigenvalue weighted by Gasteiger charge is -2.09. The number of ether oxygens (including phenoxy) is 2. The summed E-state index contributed by atoms with van der Waals surface area (Å²) >= 11 is 0. The van der Waals surface area contributed by atoms with Gasteiger partial charge in [-0.05, 0) is 24.1 Å². The number of rotatable bonds is 2. The average molecular weight is 218 g/mol. The Balaban J connectivity index is 2.20. The minimum absolute atomic E-state index is 0.0441. The van der Waals surface area contributed by atoms with E-state index in [1.807, 2.05) is 13.0 Å². The summed E-state index contributed by atoms with van der Waals surface area (Å²) in [6.07, 6.45) is 0.882. The van der Waals surface area contributed by atoms with E-state index in [1.165, 1.54) is 6.92 Å². The Morgan fingerprint density at radius 1 is 1.50 bits per heavy atom. The number of carbonyl (C=O) groups is 1. The molecule has 0 saturated heterocycles. The van der Waals surface area contributed by atoms with Crippen molar-refractivity contribution in [1.29, 1.82) is 0 Å². The van der Waals surface area contributed by atoms with Crippen molar-refractivity contribution in [1.82, 2.24) is 0 Å². The lowest BCUT2D eigenvalue weighted by Crippen LogP contribution is -2.13. The molecule has 0 radical (unpaired) electrons. The highest BCUT2D eigenvalue weighted by Crippen LogP contribution is 2.34. The molecule has 0 bridgehead atoms. The third kappa shape index (κ3) is 2.08. The Morgan fingerprint density at radius 3 is 2.88 bits per heavy atom. The fraction of sp³-hybridized carbons (Fsp3) is 0.308. The second-order valence-electron chi connectivity index (χ2n) is 4.02. The van der Waals surface area contributed by atoms with Gasteiger partial charge in [-0.1, -0.05) is 12.6 Å². The SMILES string of the molecule is C=C(C)C1Cc2ccc(OC(C)=O)cc2O1. The molecule has 0 aromatic heterocycles. The standard InChI is InChI=1S/C13H14O3/c1-8(2)12-6-10-4-5-11(15-9(3)14)7-13(10)16-12/h4-5,7,12H,1,6H2,2-3H3. The lowest BCUT2D eigenvalue weighted by atomic mass is 10.1. The average Bonchev–Trinajstić information content (AvgIpc) is 2.59. The van der Waals surface area contributed by atoms with E-state index in [9.17, 15) is 4.79 Å². The molecule has 1 aliphatic heterocycles. The Kier molecular flexibility index (Phi) is 2.69. The van der Waals surface area contributed by atoms with Crippen LogP contribution in [0.2, 0.25) is 0 Å². The molecule has 3 nitrogen and oxygen atoms in total.